The Kier molecular flexibility index (Phi) is 5.40. The number of carbonyl (C=O) groups excluding carboxylic acids is 1. The van der Waals surface area contributed by atoms with Gasteiger partial charge in [0.15, 0.2) is 5.78 Å². The van der Waals surface area contributed by atoms with Crippen molar-refractivity contribution >= 4 is 5.78 Å². The molecule has 0 saturated heterocycles. The third-order valence-corrected chi connectivity index (χ3v) is 6.03. The molecule has 1 fully saturated rings. The molecular formula is C26H26FN5O. The zero-order valence-electron chi connectivity index (χ0n) is 19.0. The zero-order valence-corrected chi connectivity index (χ0v) is 19.0. The number of halogens is 1. The van der Waals surface area contributed by atoms with Crippen LogP contribution in [0.25, 0.3) is 11.5 Å². The second-order valence-electron chi connectivity index (χ2n) is 9.00. The highest BCUT2D eigenvalue weighted by molar-refractivity contribution is 5.98. The van der Waals surface area contributed by atoms with E-state index in [0.29, 0.717) is 17.4 Å². The highest BCUT2D eigenvalue weighted by Gasteiger charge is 2.26. The normalized spacial score (nSPS) is 13.6. The van der Waals surface area contributed by atoms with Crippen LogP contribution >= 0.6 is 0 Å². The first-order valence-corrected chi connectivity index (χ1v) is 11.3. The van der Waals surface area contributed by atoms with Gasteiger partial charge in [-0.25, -0.2) is 19.3 Å². The lowest BCUT2D eigenvalue weighted by atomic mass is 10.0. The Labute approximate surface area is 192 Å². The quantitative estimate of drug-likeness (QED) is 0.362. The Morgan fingerprint density at radius 2 is 2.03 bits per heavy atom. The number of aryl methyl sites for hydroxylation is 1. The van der Waals surface area contributed by atoms with Crippen LogP contribution in [0.1, 0.15) is 71.7 Å². The van der Waals surface area contributed by atoms with Crippen molar-refractivity contribution in [3.63, 3.8) is 0 Å². The maximum absolute atomic E-state index is 14.8. The molecule has 0 bridgehead atoms. The molecule has 0 amide bonds. The average Bonchev–Trinajstić information content (AvgIpc) is 3.31. The van der Waals surface area contributed by atoms with Crippen LogP contribution in [0.2, 0.25) is 0 Å². The van der Waals surface area contributed by atoms with Gasteiger partial charge in [-0.2, -0.15) is 0 Å². The molecule has 0 atom stereocenters. The standard InChI is InChI=1S/C26H26FN5O/c1-16(2)26-28-9-10-32(26)25-6-4-5-19(30-25)12-24(33)20-13-23(17(3)11-21(20)27)31-14-22(29-15-31)18-7-8-18/h4-6,9-11,13-16,18H,7-8,12H2,1-3H3. The molecule has 5 rings (SSSR count). The van der Waals surface area contributed by atoms with E-state index in [9.17, 15) is 9.18 Å². The number of ketones is 1. The lowest BCUT2D eigenvalue weighted by Gasteiger charge is -2.12. The van der Waals surface area contributed by atoms with Crippen LogP contribution in [-0.4, -0.2) is 29.9 Å². The summed E-state index contributed by atoms with van der Waals surface area (Å²) in [5, 5.41) is 0. The molecule has 1 aromatic carbocycles. The Balaban J connectivity index is 1.42. The molecule has 33 heavy (non-hydrogen) atoms. The molecular weight excluding hydrogens is 417 g/mol. The third-order valence-electron chi connectivity index (χ3n) is 6.03. The van der Waals surface area contributed by atoms with E-state index < -0.39 is 5.82 Å². The van der Waals surface area contributed by atoms with Gasteiger partial charge in [0.1, 0.15) is 17.5 Å². The third kappa shape index (κ3) is 4.23. The first-order chi connectivity index (χ1) is 15.9. The predicted octanol–water partition coefficient (Wildman–Crippen LogP) is 5.33. The molecule has 1 aliphatic rings. The summed E-state index contributed by atoms with van der Waals surface area (Å²) in [6.07, 6.45) is 9.65. The second kappa shape index (κ2) is 8.39. The van der Waals surface area contributed by atoms with Crippen LogP contribution < -0.4 is 0 Å². The van der Waals surface area contributed by atoms with Crippen molar-refractivity contribution in [1.82, 2.24) is 24.1 Å². The molecule has 0 aliphatic heterocycles. The number of Topliss-reactive ketones (excluding diaryl/α,β-unsaturated/α-hetero) is 1. The van der Waals surface area contributed by atoms with Gasteiger partial charge in [-0.1, -0.05) is 19.9 Å². The molecule has 3 aromatic heterocycles. The number of nitrogens with zero attached hydrogens (tertiary/aromatic N) is 5. The number of aromatic nitrogens is 5. The minimum absolute atomic E-state index is 0.0101. The molecule has 6 nitrogen and oxygen atoms in total. The van der Waals surface area contributed by atoms with Crippen LogP contribution in [0, 0.1) is 12.7 Å². The van der Waals surface area contributed by atoms with E-state index >= 15 is 0 Å². The minimum Gasteiger partial charge on any atom is -0.306 e. The Bertz CT molecular complexity index is 1330. The van der Waals surface area contributed by atoms with Gasteiger partial charge in [-0.3, -0.25) is 9.36 Å². The maximum atomic E-state index is 14.8. The SMILES string of the molecule is Cc1cc(F)c(C(=O)Cc2cccc(-n3ccnc3C(C)C)n2)cc1-n1cnc(C2CC2)c1. The molecule has 1 aliphatic carbocycles. The van der Waals surface area contributed by atoms with E-state index in [1.165, 1.54) is 6.07 Å². The minimum atomic E-state index is -0.517. The van der Waals surface area contributed by atoms with Crippen molar-refractivity contribution in [2.45, 2.75) is 51.9 Å². The van der Waals surface area contributed by atoms with E-state index in [0.717, 1.165) is 35.6 Å². The molecule has 4 aromatic rings. The van der Waals surface area contributed by atoms with Gasteiger partial charge in [0.25, 0.3) is 0 Å². The summed E-state index contributed by atoms with van der Waals surface area (Å²) in [4.78, 5) is 26.6. The number of pyridine rings is 1. The van der Waals surface area contributed by atoms with Crippen molar-refractivity contribution < 1.29 is 9.18 Å². The Morgan fingerprint density at radius 3 is 2.79 bits per heavy atom. The van der Waals surface area contributed by atoms with Gasteiger partial charge in [-0.15, -0.1) is 0 Å². The van der Waals surface area contributed by atoms with Crippen molar-refractivity contribution in [1.29, 1.82) is 0 Å². The van der Waals surface area contributed by atoms with Crippen molar-refractivity contribution in [2.24, 2.45) is 0 Å². The number of carbonyl (C=O) groups is 1. The van der Waals surface area contributed by atoms with Crippen molar-refractivity contribution in [3.05, 3.63) is 89.4 Å². The van der Waals surface area contributed by atoms with E-state index in [4.69, 9.17) is 0 Å². The van der Waals surface area contributed by atoms with Crippen LogP contribution in [-0.2, 0) is 6.42 Å². The maximum Gasteiger partial charge on any atom is 0.171 e. The summed E-state index contributed by atoms with van der Waals surface area (Å²) in [5.74, 6) is 1.52. The summed E-state index contributed by atoms with van der Waals surface area (Å²) < 4.78 is 18.6. The summed E-state index contributed by atoms with van der Waals surface area (Å²) in [5.41, 5.74) is 3.22. The molecule has 168 valence electrons. The van der Waals surface area contributed by atoms with Gasteiger partial charge in [-0.05, 0) is 49.6 Å². The fourth-order valence-electron chi connectivity index (χ4n) is 4.11. The number of hydrogen-bond donors (Lipinski definition) is 0. The summed E-state index contributed by atoms with van der Waals surface area (Å²) >= 11 is 0. The van der Waals surface area contributed by atoms with Gasteiger partial charge in [0.2, 0.25) is 0 Å². The van der Waals surface area contributed by atoms with E-state index in [2.05, 4.69) is 28.8 Å². The highest BCUT2D eigenvalue weighted by Crippen LogP contribution is 2.39. The van der Waals surface area contributed by atoms with Crippen LogP contribution in [0.4, 0.5) is 4.39 Å². The summed E-state index contributed by atoms with van der Waals surface area (Å²) in [7, 11) is 0. The first-order valence-electron chi connectivity index (χ1n) is 11.3. The van der Waals surface area contributed by atoms with Crippen LogP contribution in [0.5, 0.6) is 0 Å². The molecule has 7 heteroatoms. The number of imidazole rings is 2. The van der Waals surface area contributed by atoms with E-state index in [1.54, 1.807) is 24.7 Å². The van der Waals surface area contributed by atoms with E-state index in [1.807, 2.05) is 40.6 Å². The lowest BCUT2D eigenvalue weighted by molar-refractivity contribution is 0.0988. The van der Waals surface area contributed by atoms with E-state index in [-0.39, 0.29) is 23.7 Å². The summed E-state index contributed by atoms with van der Waals surface area (Å²) in [6.45, 7) is 5.97. The monoisotopic (exact) mass is 443 g/mol. The predicted molar refractivity (Wildman–Crippen MR) is 124 cm³/mol. The Hall–Kier alpha value is -3.61. The highest BCUT2D eigenvalue weighted by atomic mass is 19.1. The molecule has 1 saturated carbocycles. The molecule has 0 spiro atoms. The largest absolute Gasteiger partial charge is 0.306 e. The first kappa shape index (κ1) is 21.2. The fraction of sp³-hybridized carbons (Fsp3) is 0.308. The fourth-order valence-corrected chi connectivity index (χ4v) is 4.11. The Morgan fingerprint density at radius 1 is 1.21 bits per heavy atom. The molecule has 0 N–H and O–H groups in total. The van der Waals surface area contributed by atoms with Gasteiger partial charge >= 0.3 is 0 Å². The van der Waals surface area contributed by atoms with Crippen molar-refractivity contribution in [3.8, 4) is 11.5 Å². The lowest BCUT2D eigenvalue weighted by Crippen LogP contribution is -2.11. The molecule has 0 radical (unpaired) electrons. The van der Waals surface area contributed by atoms with Crippen LogP contribution in [0.3, 0.4) is 0 Å². The molecule has 0 unspecified atom stereocenters. The number of rotatable bonds is 7. The second-order valence-corrected chi connectivity index (χ2v) is 9.00. The van der Waals surface area contributed by atoms with Gasteiger partial charge in [0, 0.05) is 30.4 Å². The van der Waals surface area contributed by atoms with Crippen LogP contribution in [0.15, 0.2) is 55.2 Å². The number of benzene rings is 1. The van der Waals surface area contributed by atoms with Gasteiger partial charge < -0.3 is 4.57 Å². The van der Waals surface area contributed by atoms with Crippen molar-refractivity contribution in [2.75, 3.05) is 0 Å². The smallest absolute Gasteiger partial charge is 0.171 e. The zero-order chi connectivity index (χ0) is 23.1. The molecule has 3 heterocycles. The number of hydrogen-bond acceptors (Lipinski definition) is 4. The summed E-state index contributed by atoms with van der Waals surface area (Å²) in [6, 6.07) is 8.57. The topological polar surface area (TPSA) is 65.6 Å². The average molecular weight is 444 g/mol. The van der Waals surface area contributed by atoms with Gasteiger partial charge in [0.05, 0.1) is 35.4 Å².